The summed E-state index contributed by atoms with van der Waals surface area (Å²) in [5.74, 6) is 1.03. The van der Waals surface area contributed by atoms with Crippen molar-refractivity contribution in [3.8, 4) is 0 Å². The molecule has 1 aliphatic heterocycles. The van der Waals surface area contributed by atoms with Gasteiger partial charge in [0.2, 0.25) is 5.91 Å². The van der Waals surface area contributed by atoms with Crippen LogP contribution < -0.4 is 10.6 Å². The molecule has 0 saturated carbocycles. The average Bonchev–Trinajstić information content (AvgIpc) is 2.53. The first-order valence-corrected chi connectivity index (χ1v) is 8.89. The molecule has 0 unspecified atom stereocenters. The molecule has 1 aliphatic rings. The topological polar surface area (TPSA) is 53.5 Å². The van der Waals surface area contributed by atoms with Gasteiger partial charge in [-0.1, -0.05) is 49.9 Å². The summed E-state index contributed by atoms with van der Waals surface area (Å²) in [6, 6.07) is 12.3. The normalized spacial score (nSPS) is 12.9. The maximum Gasteiger partial charge on any atom is 0.230 e. The van der Waals surface area contributed by atoms with Crippen LogP contribution in [-0.2, 0) is 4.79 Å². The molecular weight excluding hydrogens is 306 g/mol. The van der Waals surface area contributed by atoms with E-state index in [0.717, 1.165) is 34.9 Å². The van der Waals surface area contributed by atoms with Gasteiger partial charge in [0.1, 0.15) is 0 Å². The first kappa shape index (κ1) is 15.9. The summed E-state index contributed by atoms with van der Waals surface area (Å²) in [4.78, 5) is 16.5. The van der Waals surface area contributed by atoms with Gasteiger partial charge in [0.15, 0.2) is 5.17 Å². The zero-order chi connectivity index (χ0) is 16.2. The lowest BCUT2D eigenvalue weighted by molar-refractivity contribution is -0.118. The summed E-state index contributed by atoms with van der Waals surface area (Å²) in [6.45, 7) is 5.04. The fourth-order valence-electron chi connectivity index (χ4n) is 2.52. The smallest absolute Gasteiger partial charge is 0.230 e. The van der Waals surface area contributed by atoms with Gasteiger partial charge in [0.25, 0.3) is 0 Å². The van der Waals surface area contributed by atoms with E-state index < -0.39 is 0 Å². The third-order valence-electron chi connectivity index (χ3n) is 3.73. The average molecular weight is 327 g/mol. The highest BCUT2D eigenvalue weighted by Crippen LogP contribution is 2.36. The summed E-state index contributed by atoms with van der Waals surface area (Å²) in [6.07, 6.45) is 1.00. The number of amidine groups is 1. The van der Waals surface area contributed by atoms with Crippen molar-refractivity contribution in [2.45, 2.75) is 20.3 Å². The third kappa shape index (κ3) is 3.85. The third-order valence-corrected chi connectivity index (χ3v) is 4.60. The predicted octanol–water partition coefficient (Wildman–Crippen LogP) is 4.15. The molecule has 2 aromatic carbocycles. The molecule has 1 heterocycles. The molecule has 2 N–H and O–H groups in total. The number of nitrogens with one attached hydrogen (secondary N) is 2. The van der Waals surface area contributed by atoms with Gasteiger partial charge in [0.05, 0.1) is 17.1 Å². The molecule has 1 amide bonds. The van der Waals surface area contributed by atoms with E-state index in [9.17, 15) is 4.79 Å². The lowest BCUT2D eigenvalue weighted by Crippen LogP contribution is -2.28. The maximum absolute atomic E-state index is 11.9. The van der Waals surface area contributed by atoms with Gasteiger partial charge in [-0.3, -0.25) is 4.79 Å². The monoisotopic (exact) mass is 327 g/mol. The number of carbonyl (C=O) groups excluding carboxylic acids is 1. The molecule has 0 aliphatic carbocycles. The standard InChI is InChI=1S/C18H21N3OS/c1-12(2)9-10-19-16(22)11-23-18-20-14-7-3-5-13-6-4-8-15(21-18)17(13)14/h3-8,12H,9-11H2,1-2H3,(H,19,22)(H,20,21). The first-order chi connectivity index (χ1) is 11.1. The molecule has 0 saturated heterocycles. The lowest BCUT2D eigenvalue weighted by Gasteiger charge is -2.18. The van der Waals surface area contributed by atoms with Crippen LogP contribution in [0.15, 0.2) is 41.4 Å². The zero-order valence-corrected chi connectivity index (χ0v) is 14.2. The minimum Gasteiger partial charge on any atom is -0.355 e. The Balaban J connectivity index is 1.63. The van der Waals surface area contributed by atoms with E-state index in [2.05, 4.69) is 41.6 Å². The van der Waals surface area contributed by atoms with Crippen molar-refractivity contribution in [3.63, 3.8) is 0 Å². The van der Waals surface area contributed by atoms with E-state index in [1.54, 1.807) is 0 Å². The van der Waals surface area contributed by atoms with Crippen LogP contribution in [-0.4, -0.2) is 23.4 Å². The van der Waals surface area contributed by atoms with Crippen LogP contribution >= 0.6 is 11.8 Å². The number of rotatable bonds is 5. The second kappa shape index (κ2) is 7.04. The van der Waals surface area contributed by atoms with Crippen LogP contribution in [0, 0.1) is 5.92 Å². The molecule has 0 spiro atoms. The van der Waals surface area contributed by atoms with Gasteiger partial charge in [-0.05, 0) is 29.9 Å². The number of carbonyl (C=O) groups is 1. The van der Waals surface area contributed by atoms with E-state index in [4.69, 9.17) is 0 Å². The largest absolute Gasteiger partial charge is 0.355 e. The Bertz CT molecular complexity index is 750. The van der Waals surface area contributed by atoms with Gasteiger partial charge < -0.3 is 10.6 Å². The molecule has 0 bridgehead atoms. The highest BCUT2D eigenvalue weighted by molar-refractivity contribution is 8.14. The van der Waals surface area contributed by atoms with E-state index >= 15 is 0 Å². The lowest BCUT2D eigenvalue weighted by atomic mass is 10.1. The number of anilines is 1. The predicted molar refractivity (Wildman–Crippen MR) is 99.6 cm³/mol. The van der Waals surface area contributed by atoms with Crippen molar-refractivity contribution in [3.05, 3.63) is 36.4 Å². The molecule has 0 atom stereocenters. The summed E-state index contributed by atoms with van der Waals surface area (Å²) in [7, 11) is 0. The number of thioether (sulfide) groups is 1. The number of benzene rings is 2. The number of aliphatic imine (C=N–C) groups is 1. The molecular formula is C18H21N3OS. The van der Waals surface area contributed by atoms with Crippen molar-refractivity contribution in [1.82, 2.24) is 5.32 Å². The van der Waals surface area contributed by atoms with Crippen molar-refractivity contribution >= 4 is 45.0 Å². The van der Waals surface area contributed by atoms with Gasteiger partial charge in [-0.15, -0.1) is 0 Å². The summed E-state index contributed by atoms with van der Waals surface area (Å²) < 4.78 is 0. The van der Waals surface area contributed by atoms with Crippen LogP contribution in [0.4, 0.5) is 11.4 Å². The number of hydrogen-bond acceptors (Lipinski definition) is 4. The molecule has 2 aromatic rings. The van der Waals surface area contributed by atoms with Crippen LogP contribution in [0.1, 0.15) is 20.3 Å². The SMILES string of the molecule is CC(C)CCNC(=O)CSC1=Nc2cccc3cccc(c23)N1. The van der Waals surface area contributed by atoms with E-state index in [1.165, 1.54) is 17.1 Å². The van der Waals surface area contributed by atoms with Crippen LogP contribution in [0.25, 0.3) is 10.8 Å². The van der Waals surface area contributed by atoms with Gasteiger partial charge in [0, 0.05) is 11.9 Å². The zero-order valence-electron chi connectivity index (χ0n) is 13.4. The van der Waals surface area contributed by atoms with Crippen molar-refractivity contribution in [2.75, 3.05) is 17.6 Å². The first-order valence-electron chi connectivity index (χ1n) is 7.90. The van der Waals surface area contributed by atoms with Gasteiger partial charge in [-0.2, -0.15) is 0 Å². The molecule has 120 valence electrons. The van der Waals surface area contributed by atoms with Crippen LogP contribution in [0.5, 0.6) is 0 Å². The number of nitrogens with zero attached hydrogens (tertiary/aromatic N) is 1. The summed E-state index contributed by atoms with van der Waals surface area (Å²) in [5, 5.41) is 9.36. The Labute approximate surface area is 140 Å². The number of hydrogen-bond donors (Lipinski definition) is 2. The fourth-order valence-corrected chi connectivity index (χ4v) is 3.24. The van der Waals surface area contributed by atoms with Crippen LogP contribution in [0.2, 0.25) is 0 Å². The van der Waals surface area contributed by atoms with E-state index in [0.29, 0.717) is 11.7 Å². The Morgan fingerprint density at radius 3 is 2.83 bits per heavy atom. The molecule has 23 heavy (non-hydrogen) atoms. The Morgan fingerprint density at radius 1 is 1.26 bits per heavy atom. The molecule has 0 fully saturated rings. The van der Waals surface area contributed by atoms with Crippen LogP contribution in [0.3, 0.4) is 0 Å². The highest BCUT2D eigenvalue weighted by atomic mass is 32.2. The van der Waals surface area contributed by atoms with E-state index in [-0.39, 0.29) is 5.91 Å². The highest BCUT2D eigenvalue weighted by Gasteiger charge is 2.15. The fraction of sp³-hybridized carbons (Fsp3) is 0.333. The Morgan fingerprint density at radius 2 is 2.04 bits per heavy atom. The minimum atomic E-state index is 0.0530. The van der Waals surface area contributed by atoms with Crippen molar-refractivity contribution in [1.29, 1.82) is 0 Å². The molecule has 0 aromatic heterocycles. The second-order valence-corrected chi connectivity index (χ2v) is 7.01. The minimum absolute atomic E-state index is 0.0530. The van der Waals surface area contributed by atoms with Crippen molar-refractivity contribution < 1.29 is 4.79 Å². The van der Waals surface area contributed by atoms with Gasteiger partial charge in [-0.25, -0.2) is 4.99 Å². The summed E-state index contributed by atoms with van der Waals surface area (Å²) in [5.41, 5.74) is 2.01. The van der Waals surface area contributed by atoms with E-state index in [1.807, 2.05) is 24.3 Å². The second-order valence-electron chi connectivity index (χ2n) is 6.04. The van der Waals surface area contributed by atoms with Gasteiger partial charge >= 0.3 is 0 Å². The Hall–Kier alpha value is -2.01. The van der Waals surface area contributed by atoms with Crippen molar-refractivity contribution in [2.24, 2.45) is 10.9 Å². The number of amides is 1. The molecule has 4 nitrogen and oxygen atoms in total. The quantitative estimate of drug-likeness (QED) is 0.867. The molecule has 0 radical (unpaired) electrons. The maximum atomic E-state index is 11.9. The summed E-state index contributed by atoms with van der Waals surface area (Å²) >= 11 is 1.44. The molecule has 3 rings (SSSR count). The Kier molecular flexibility index (Phi) is 4.86. The molecule has 5 heteroatoms.